The number of hydrogen-bond acceptors (Lipinski definition) is 2. The van der Waals surface area contributed by atoms with E-state index in [1.807, 2.05) is 12.1 Å². The lowest BCUT2D eigenvalue weighted by Gasteiger charge is -2.01. The molecule has 16 heavy (non-hydrogen) atoms. The molecule has 0 aliphatic carbocycles. The van der Waals surface area contributed by atoms with Crippen LogP contribution in [0.4, 0.5) is 5.69 Å². The Labute approximate surface area is 101 Å². The van der Waals surface area contributed by atoms with E-state index in [2.05, 4.69) is 49.0 Å². The molecule has 0 spiro atoms. The molecule has 1 nitrogen and oxygen atoms in total. The van der Waals surface area contributed by atoms with Crippen LogP contribution >= 0.6 is 12.6 Å². The maximum atomic E-state index is 5.74. The summed E-state index contributed by atoms with van der Waals surface area (Å²) < 4.78 is 0. The van der Waals surface area contributed by atoms with Gasteiger partial charge < -0.3 is 5.73 Å². The second kappa shape index (κ2) is 5.08. The van der Waals surface area contributed by atoms with Crippen LogP contribution in [-0.4, -0.2) is 5.75 Å². The lowest BCUT2D eigenvalue weighted by molar-refractivity contribution is 1.26. The van der Waals surface area contributed by atoms with Crippen molar-refractivity contribution in [3.05, 3.63) is 48.0 Å². The lowest BCUT2D eigenvalue weighted by atomic mass is 10.1. The average molecular weight is 229 g/mol. The zero-order valence-corrected chi connectivity index (χ0v) is 9.95. The first kappa shape index (κ1) is 11.1. The number of anilines is 1. The van der Waals surface area contributed by atoms with E-state index < -0.39 is 0 Å². The molecule has 2 heteroatoms. The summed E-state index contributed by atoms with van der Waals surface area (Å²) in [4.78, 5) is 0. The zero-order chi connectivity index (χ0) is 11.4. The van der Waals surface area contributed by atoms with Crippen molar-refractivity contribution in [1.82, 2.24) is 0 Å². The van der Waals surface area contributed by atoms with Crippen LogP contribution in [0.2, 0.25) is 0 Å². The fraction of sp³-hybridized carbons (Fsp3) is 0.143. The molecule has 0 bridgehead atoms. The van der Waals surface area contributed by atoms with Gasteiger partial charge in [-0.1, -0.05) is 30.4 Å². The van der Waals surface area contributed by atoms with Crippen LogP contribution in [0.15, 0.2) is 42.5 Å². The first-order valence-electron chi connectivity index (χ1n) is 5.36. The fourth-order valence-corrected chi connectivity index (χ4v) is 1.83. The summed E-state index contributed by atoms with van der Waals surface area (Å²) in [7, 11) is 0. The lowest BCUT2D eigenvalue weighted by Crippen LogP contribution is -1.84. The molecule has 2 aromatic rings. The second-order valence-electron chi connectivity index (χ2n) is 3.78. The number of nitrogens with two attached hydrogens (primary N) is 1. The molecule has 0 saturated carbocycles. The highest BCUT2D eigenvalue weighted by molar-refractivity contribution is 7.80. The predicted octanol–water partition coefficient (Wildman–Crippen LogP) is 3.76. The number of thiol groups is 1. The molecule has 0 heterocycles. The van der Waals surface area contributed by atoms with Crippen LogP contribution < -0.4 is 5.73 Å². The third kappa shape index (κ3) is 2.58. The van der Waals surface area contributed by atoms with Crippen LogP contribution in [0, 0.1) is 0 Å². The van der Waals surface area contributed by atoms with Crippen molar-refractivity contribution >= 4 is 35.2 Å². The van der Waals surface area contributed by atoms with Gasteiger partial charge in [0.2, 0.25) is 0 Å². The molecular weight excluding hydrogens is 214 g/mol. The molecule has 0 aliphatic rings. The summed E-state index contributed by atoms with van der Waals surface area (Å²) in [5.74, 6) is 0.889. The third-order valence-corrected chi connectivity index (χ3v) is 2.75. The molecule has 0 aromatic heterocycles. The topological polar surface area (TPSA) is 26.0 Å². The monoisotopic (exact) mass is 229 g/mol. The Morgan fingerprint density at radius 3 is 2.62 bits per heavy atom. The van der Waals surface area contributed by atoms with Crippen molar-refractivity contribution < 1.29 is 0 Å². The molecule has 0 atom stereocenters. The summed E-state index contributed by atoms with van der Waals surface area (Å²) in [6.45, 7) is 0. The van der Waals surface area contributed by atoms with Crippen molar-refractivity contribution in [2.24, 2.45) is 0 Å². The molecule has 2 rings (SSSR count). The van der Waals surface area contributed by atoms with Gasteiger partial charge in [-0.2, -0.15) is 12.6 Å². The summed E-state index contributed by atoms with van der Waals surface area (Å²) in [5, 5.41) is 2.41. The van der Waals surface area contributed by atoms with Gasteiger partial charge in [0.05, 0.1) is 0 Å². The summed E-state index contributed by atoms with van der Waals surface area (Å²) in [6, 6.07) is 12.4. The van der Waals surface area contributed by atoms with Gasteiger partial charge in [0.25, 0.3) is 0 Å². The zero-order valence-electron chi connectivity index (χ0n) is 9.06. The Morgan fingerprint density at radius 2 is 1.81 bits per heavy atom. The SMILES string of the molecule is Nc1ccc2cc(C=CCCS)ccc2c1. The maximum absolute atomic E-state index is 5.74. The Bertz CT molecular complexity index is 517. The van der Waals surface area contributed by atoms with Crippen molar-refractivity contribution in [3.8, 4) is 0 Å². The van der Waals surface area contributed by atoms with Gasteiger partial charge in [-0.25, -0.2) is 0 Å². The number of fused-ring (bicyclic) bond motifs is 1. The fourth-order valence-electron chi connectivity index (χ4n) is 1.68. The predicted molar refractivity (Wildman–Crippen MR) is 75.9 cm³/mol. The Morgan fingerprint density at radius 1 is 1.06 bits per heavy atom. The van der Waals surface area contributed by atoms with Gasteiger partial charge >= 0.3 is 0 Å². The largest absolute Gasteiger partial charge is 0.399 e. The number of nitrogen functional groups attached to an aromatic ring is 1. The van der Waals surface area contributed by atoms with Gasteiger partial charge in [-0.3, -0.25) is 0 Å². The van der Waals surface area contributed by atoms with E-state index >= 15 is 0 Å². The number of hydrogen-bond donors (Lipinski definition) is 2. The molecule has 0 saturated heterocycles. The van der Waals surface area contributed by atoms with Crippen molar-refractivity contribution in [2.75, 3.05) is 11.5 Å². The van der Waals surface area contributed by atoms with Crippen LogP contribution in [0.3, 0.4) is 0 Å². The quantitative estimate of drug-likeness (QED) is 0.608. The summed E-state index contributed by atoms with van der Waals surface area (Å²) in [6.07, 6.45) is 5.28. The molecule has 0 fully saturated rings. The molecule has 82 valence electrons. The molecule has 0 amide bonds. The standard InChI is InChI=1S/C14H15NS/c15-14-7-6-12-9-11(3-1-2-8-16)4-5-13(12)10-14/h1,3-7,9-10,16H,2,8,15H2. The molecular formula is C14H15NS. The minimum atomic E-state index is 0.811. The molecule has 0 aliphatic heterocycles. The van der Waals surface area contributed by atoms with E-state index in [9.17, 15) is 0 Å². The highest BCUT2D eigenvalue weighted by atomic mass is 32.1. The summed E-state index contributed by atoms with van der Waals surface area (Å²) >= 11 is 4.17. The van der Waals surface area contributed by atoms with E-state index in [4.69, 9.17) is 5.73 Å². The normalized spacial score (nSPS) is 11.3. The average Bonchev–Trinajstić information content (AvgIpc) is 2.29. The van der Waals surface area contributed by atoms with E-state index in [0.29, 0.717) is 0 Å². The van der Waals surface area contributed by atoms with Crippen LogP contribution in [0.1, 0.15) is 12.0 Å². The van der Waals surface area contributed by atoms with Gasteiger partial charge in [-0.05, 0) is 46.7 Å². The minimum Gasteiger partial charge on any atom is -0.399 e. The van der Waals surface area contributed by atoms with E-state index in [0.717, 1.165) is 17.9 Å². The van der Waals surface area contributed by atoms with Crippen molar-refractivity contribution in [1.29, 1.82) is 0 Å². The first-order valence-corrected chi connectivity index (χ1v) is 5.99. The number of benzene rings is 2. The third-order valence-electron chi connectivity index (χ3n) is 2.49. The van der Waals surface area contributed by atoms with Gasteiger partial charge in [0.1, 0.15) is 0 Å². The highest BCUT2D eigenvalue weighted by Gasteiger charge is 1.94. The van der Waals surface area contributed by atoms with Gasteiger partial charge in [0, 0.05) is 5.69 Å². The molecule has 0 radical (unpaired) electrons. The Kier molecular flexibility index (Phi) is 3.52. The van der Waals surface area contributed by atoms with Crippen molar-refractivity contribution in [3.63, 3.8) is 0 Å². The smallest absolute Gasteiger partial charge is 0.0320 e. The van der Waals surface area contributed by atoms with Crippen molar-refractivity contribution in [2.45, 2.75) is 6.42 Å². The second-order valence-corrected chi connectivity index (χ2v) is 4.23. The molecule has 2 aromatic carbocycles. The number of rotatable bonds is 3. The van der Waals surface area contributed by atoms with Gasteiger partial charge in [-0.15, -0.1) is 0 Å². The van der Waals surface area contributed by atoms with Crippen LogP contribution in [0.5, 0.6) is 0 Å². The van der Waals surface area contributed by atoms with Crippen LogP contribution in [0.25, 0.3) is 16.8 Å². The first-order chi connectivity index (χ1) is 7.79. The molecule has 0 unspecified atom stereocenters. The highest BCUT2D eigenvalue weighted by Crippen LogP contribution is 2.19. The maximum Gasteiger partial charge on any atom is 0.0320 e. The van der Waals surface area contributed by atoms with E-state index in [1.165, 1.54) is 16.3 Å². The van der Waals surface area contributed by atoms with E-state index in [-0.39, 0.29) is 0 Å². The minimum absolute atomic E-state index is 0.811. The Balaban J connectivity index is 2.33. The number of allylic oxidation sites excluding steroid dienone is 1. The van der Waals surface area contributed by atoms with Gasteiger partial charge in [0.15, 0.2) is 0 Å². The van der Waals surface area contributed by atoms with E-state index in [1.54, 1.807) is 0 Å². The summed E-state index contributed by atoms with van der Waals surface area (Å²) in [5.41, 5.74) is 7.77. The Hall–Kier alpha value is -1.41. The molecule has 2 N–H and O–H groups in total. The van der Waals surface area contributed by atoms with Crippen LogP contribution in [-0.2, 0) is 0 Å².